The van der Waals surface area contributed by atoms with Crippen molar-refractivity contribution >= 4 is 17.7 Å². The maximum absolute atomic E-state index is 14.3. The van der Waals surface area contributed by atoms with Gasteiger partial charge in [0.1, 0.15) is 17.4 Å². The molecule has 140 valence electrons. The van der Waals surface area contributed by atoms with E-state index in [0.717, 1.165) is 23.1 Å². The number of esters is 1. The first-order chi connectivity index (χ1) is 12.8. The summed E-state index contributed by atoms with van der Waals surface area (Å²) in [4.78, 5) is 25.6. The minimum Gasteiger partial charge on any atom is -0.467 e. The second kappa shape index (κ2) is 5.94. The molecule has 2 aliphatic rings. The summed E-state index contributed by atoms with van der Waals surface area (Å²) < 4.78 is 38.7. The second-order valence-corrected chi connectivity index (χ2v) is 6.66. The number of nitrogens with zero attached hydrogens (tertiary/aromatic N) is 1. The van der Waals surface area contributed by atoms with E-state index in [1.165, 1.54) is 7.11 Å². The van der Waals surface area contributed by atoms with Crippen molar-refractivity contribution in [2.45, 2.75) is 25.1 Å². The highest BCUT2D eigenvalue weighted by atomic mass is 19.1. The SMILES string of the molecule is COC(=O)c1ccc2c(c1)[C@H]1C[C@](C)(O2)N(c2cc(F)ccc2F)C(=O)N1. The van der Waals surface area contributed by atoms with Gasteiger partial charge in [-0.2, -0.15) is 0 Å². The van der Waals surface area contributed by atoms with Gasteiger partial charge in [-0.25, -0.2) is 18.4 Å². The molecule has 6 nitrogen and oxygen atoms in total. The van der Waals surface area contributed by atoms with Gasteiger partial charge in [0.05, 0.1) is 24.4 Å². The van der Waals surface area contributed by atoms with E-state index in [1.807, 2.05) is 0 Å². The van der Waals surface area contributed by atoms with Gasteiger partial charge >= 0.3 is 12.0 Å². The first kappa shape index (κ1) is 17.3. The van der Waals surface area contributed by atoms with Gasteiger partial charge in [0.25, 0.3) is 0 Å². The highest BCUT2D eigenvalue weighted by molar-refractivity contribution is 5.95. The number of rotatable bonds is 2. The van der Waals surface area contributed by atoms with Crippen molar-refractivity contribution in [1.82, 2.24) is 5.32 Å². The first-order valence-corrected chi connectivity index (χ1v) is 8.29. The van der Waals surface area contributed by atoms with Crippen LogP contribution in [0, 0.1) is 11.6 Å². The van der Waals surface area contributed by atoms with Crippen LogP contribution in [0.5, 0.6) is 5.75 Å². The number of halogens is 2. The number of amides is 2. The fraction of sp³-hybridized carbons (Fsp3) is 0.263. The monoisotopic (exact) mass is 374 g/mol. The molecular weight excluding hydrogens is 358 g/mol. The van der Waals surface area contributed by atoms with Gasteiger partial charge in [-0.05, 0) is 37.3 Å². The lowest BCUT2D eigenvalue weighted by Gasteiger charge is -2.50. The molecule has 0 unspecified atom stereocenters. The van der Waals surface area contributed by atoms with E-state index in [2.05, 4.69) is 5.32 Å². The van der Waals surface area contributed by atoms with Crippen LogP contribution >= 0.6 is 0 Å². The molecule has 0 aromatic heterocycles. The van der Waals surface area contributed by atoms with E-state index in [9.17, 15) is 18.4 Å². The highest BCUT2D eigenvalue weighted by Gasteiger charge is 2.50. The lowest BCUT2D eigenvalue weighted by molar-refractivity contribution is 0.0372. The van der Waals surface area contributed by atoms with Crippen molar-refractivity contribution < 1.29 is 27.8 Å². The van der Waals surface area contributed by atoms with Crippen LogP contribution in [0.15, 0.2) is 36.4 Å². The number of ether oxygens (including phenoxy) is 2. The number of carbonyl (C=O) groups is 2. The first-order valence-electron chi connectivity index (χ1n) is 8.29. The Balaban J connectivity index is 1.78. The van der Waals surface area contributed by atoms with E-state index in [-0.39, 0.29) is 12.1 Å². The Morgan fingerprint density at radius 1 is 1.30 bits per heavy atom. The predicted molar refractivity (Wildman–Crippen MR) is 91.5 cm³/mol. The zero-order chi connectivity index (χ0) is 19.3. The number of nitrogens with one attached hydrogen (secondary N) is 1. The Bertz CT molecular complexity index is 965. The molecule has 2 aromatic rings. The summed E-state index contributed by atoms with van der Waals surface area (Å²) in [7, 11) is 1.28. The van der Waals surface area contributed by atoms with Crippen LogP contribution in [0.3, 0.4) is 0 Å². The van der Waals surface area contributed by atoms with Gasteiger partial charge in [-0.3, -0.25) is 4.90 Å². The Morgan fingerprint density at radius 3 is 2.81 bits per heavy atom. The molecule has 27 heavy (non-hydrogen) atoms. The van der Waals surface area contributed by atoms with Gasteiger partial charge < -0.3 is 14.8 Å². The van der Waals surface area contributed by atoms with Gasteiger partial charge in [-0.1, -0.05) is 0 Å². The van der Waals surface area contributed by atoms with Gasteiger partial charge in [-0.15, -0.1) is 0 Å². The van der Waals surface area contributed by atoms with Gasteiger partial charge in [0.15, 0.2) is 5.72 Å². The number of carbonyl (C=O) groups excluding carboxylic acids is 2. The molecule has 0 spiro atoms. The van der Waals surface area contributed by atoms with Crippen molar-refractivity contribution in [1.29, 1.82) is 0 Å². The fourth-order valence-corrected chi connectivity index (χ4v) is 3.64. The summed E-state index contributed by atoms with van der Waals surface area (Å²) in [6.45, 7) is 1.64. The van der Waals surface area contributed by atoms with Crippen molar-refractivity contribution in [2.75, 3.05) is 12.0 Å². The molecule has 1 N–H and O–H groups in total. The molecule has 0 radical (unpaired) electrons. The maximum Gasteiger partial charge on any atom is 0.337 e. The summed E-state index contributed by atoms with van der Waals surface area (Å²) >= 11 is 0. The van der Waals surface area contributed by atoms with Crippen LogP contribution in [0.4, 0.5) is 19.3 Å². The standard InChI is InChI=1S/C19H16F2N2O4/c1-19-9-14(12-7-10(17(24)26-2)3-6-16(12)27-19)22-18(25)23(19)15-8-11(20)4-5-13(15)21/h3-8,14H,9H2,1-2H3,(H,22,25)/t14-,19+/m1/s1. The third kappa shape index (κ3) is 2.68. The zero-order valence-corrected chi connectivity index (χ0v) is 14.6. The van der Waals surface area contributed by atoms with Crippen LogP contribution in [-0.4, -0.2) is 24.8 Å². The smallest absolute Gasteiger partial charge is 0.337 e. The molecule has 2 aliphatic heterocycles. The fourth-order valence-electron chi connectivity index (χ4n) is 3.64. The Labute approximate surface area is 153 Å². The van der Waals surface area contributed by atoms with E-state index in [1.54, 1.807) is 25.1 Å². The van der Waals surface area contributed by atoms with Crippen molar-refractivity contribution in [3.63, 3.8) is 0 Å². The normalized spacial score (nSPS) is 23.2. The summed E-state index contributed by atoms with van der Waals surface area (Å²) in [5, 5.41) is 2.77. The average Bonchev–Trinajstić information content (AvgIpc) is 2.63. The highest BCUT2D eigenvalue weighted by Crippen LogP contribution is 2.46. The molecular formula is C19H16F2N2O4. The number of fused-ring (bicyclic) bond motifs is 4. The van der Waals surface area contributed by atoms with E-state index in [0.29, 0.717) is 16.9 Å². The minimum absolute atomic E-state index is 0.205. The van der Waals surface area contributed by atoms with E-state index < -0.39 is 35.4 Å². The van der Waals surface area contributed by atoms with E-state index >= 15 is 0 Å². The number of benzene rings is 2. The van der Waals surface area contributed by atoms with Gasteiger partial charge in [0.2, 0.25) is 0 Å². The molecule has 1 fully saturated rings. The Kier molecular flexibility index (Phi) is 3.80. The third-order valence-electron chi connectivity index (χ3n) is 4.84. The number of anilines is 1. The average molecular weight is 374 g/mol. The van der Waals surface area contributed by atoms with Gasteiger partial charge in [0, 0.05) is 18.1 Å². The number of urea groups is 1. The summed E-state index contributed by atoms with van der Waals surface area (Å²) in [6.07, 6.45) is 0.284. The summed E-state index contributed by atoms with van der Waals surface area (Å²) in [5.74, 6) is -1.45. The molecule has 0 aliphatic carbocycles. The van der Waals surface area contributed by atoms with Crippen LogP contribution < -0.4 is 15.0 Å². The minimum atomic E-state index is -1.22. The third-order valence-corrected chi connectivity index (χ3v) is 4.84. The number of methoxy groups -OCH3 is 1. The molecule has 2 bridgehead atoms. The lowest BCUT2D eigenvalue weighted by atomic mass is 9.89. The van der Waals surface area contributed by atoms with Crippen LogP contribution in [0.2, 0.25) is 0 Å². The molecule has 2 aromatic carbocycles. The number of hydrogen-bond acceptors (Lipinski definition) is 4. The molecule has 0 saturated carbocycles. The summed E-state index contributed by atoms with van der Waals surface area (Å²) in [6, 6.07) is 6.60. The van der Waals surface area contributed by atoms with Crippen LogP contribution in [0.25, 0.3) is 0 Å². The van der Waals surface area contributed by atoms with Crippen LogP contribution in [-0.2, 0) is 4.74 Å². The van der Waals surface area contributed by atoms with Crippen molar-refractivity contribution in [2.24, 2.45) is 0 Å². The zero-order valence-electron chi connectivity index (χ0n) is 14.6. The van der Waals surface area contributed by atoms with Crippen molar-refractivity contribution in [3.8, 4) is 5.75 Å². The Morgan fingerprint density at radius 2 is 2.07 bits per heavy atom. The molecule has 2 atom stereocenters. The maximum atomic E-state index is 14.3. The molecule has 8 heteroatoms. The van der Waals surface area contributed by atoms with Crippen molar-refractivity contribution in [3.05, 3.63) is 59.2 Å². The molecule has 2 amide bonds. The van der Waals surface area contributed by atoms with Crippen LogP contribution in [0.1, 0.15) is 35.3 Å². The second-order valence-electron chi connectivity index (χ2n) is 6.66. The topological polar surface area (TPSA) is 67.9 Å². The molecule has 4 rings (SSSR count). The number of hydrogen-bond donors (Lipinski definition) is 1. The van der Waals surface area contributed by atoms with E-state index in [4.69, 9.17) is 9.47 Å². The summed E-state index contributed by atoms with van der Waals surface area (Å²) in [5.41, 5.74) is -0.469. The molecule has 2 heterocycles. The Hall–Kier alpha value is -3.16. The molecule has 1 saturated heterocycles. The predicted octanol–water partition coefficient (Wildman–Crippen LogP) is 3.52. The quantitative estimate of drug-likeness (QED) is 0.817. The largest absolute Gasteiger partial charge is 0.467 e. The lowest BCUT2D eigenvalue weighted by Crippen LogP contribution is -2.65.